The highest BCUT2D eigenvalue weighted by Crippen LogP contribution is 2.22. The minimum atomic E-state index is 0. The molecule has 0 unspecified atom stereocenters. The van der Waals surface area contributed by atoms with Gasteiger partial charge in [-0.3, -0.25) is 0 Å². The van der Waals surface area contributed by atoms with E-state index in [0.29, 0.717) is 5.78 Å². The molecule has 2 aromatic rings. The Balaban J connectivity index is 0.000000902. The summed E-state index contributed by atoms with van der Waals surface area (Å²) in [7, 11) is 0. The zero-order valence-corrected chi connectivity index (χ0v) is 12.6. The number of hydrogen-bond donors (Lipinski definition) is 1. The van der Waals surface area contributed by atoms with Crippen molar-refractivity contribution in [3.8, 4) is 0 Å². The Hall–Kier alpha value is -1.11. The van der Waals surface area contributed by atoms with Gasteiger partial charge >= 0.3 is 0 Å². The summed E-state index contributed by atoms with van der Waals surface area (Å²) in [6, 6.07) is 0. The van der Waals surface area contributed by atoms with E-state index in [-0.39, 0.29) is 24.8 Å². The van der Waals surface area contributed by atoms with Crippen molar-refractivity contribution in [2.75, 3.05) is 31.1 Å². The lowest BCUT2D eigenvalue weighted by Gasteiger charge is -2.30. The first-order chi connectivity index (χ1) is 8.27. The lowest BCUT2D eigenvalue weighted by Crippen LogP contribution is -2.44. The summed E-state index contributed by atoms with van der Waals surface area (Å²) in [5.74, 6) is 1.81. The van der Waals surface area contributed by atoms with Gasteiger partial charge < -0.3 is 10.2 Å². The van der Waals surface area contributed by atoms with Gasteiger partial charge in [-0.15, -0.1) is 24.8 Å². The predicted molar refractivity (Wildman–Crippen MR) is 79.8 cm³/mol. The van der Waals surface area contributed by atoms with Gasteiger partial charge in [-0.1, -0.05) is 0 Å². The van der Waals surface area contributed by atoms with Gasteiger partial charge in [0.1, 0.15) is 12.1 Å². The lowest BCUT2D eigenvalue weighted by molar-refractivity contribution is 0.578. The van der Waals surface area contributed by atoms with E-state index in [9.17, 15) is 0 Å². The molecule has 1 aliphatic heterocycles. The summed E-state index contributed by atoms with van der Waals surface area (Å²) in [6.07, 6.45) is 1.56. The number of halogens is 2. The molecule has 8 heteroatoms. The van der Waals surface area contributed by atoms with Crippen molar-refractivity contribution in [2.24, 2.45) is 0 Å². The molecule has 3 rings (SSSR count). The van der Waals surface area contributed by atoms with E-state index in [4.69, 9.17) is 0 Å². The molecule has 1 saturated heterocycles. The minimum Gasteiger partial charge on any atom is -0.354 e. The van der Waals surface area contributed by atoms with Crippen molar-refractivity contribution in [2.45, 2.75) is 13.8 Å². The normalized spacial score (nSPS) is 14.9. The van der Waals surface area contributed by atoms with Crippen LogP contribution < -0.4 is 10.2 Å². The summed E-state index contributed by atoms with van der Waals surface area (Å²) in [5.41, 5.74) is 2.21. The first-order valence-corrected chi connectivity index (χ1v) is 5.90. The van der Waals surface area contributed by atoms with Crippen LogP contribution in [0.2, 0.25) is 0 Å². The fourth-order valence-electron chi connectivity index (χ4n) is 2.26. The van der Waals surface area contributed by atoms with Gasteiger partial charge in [0.05, 0.1) is 0 Å². The SMILES string of the molecule is Cc1nc2ncnn2c(N2CCNCC2)c1C.Cl.Cl. The standard InChI is InChI=1S/C11H16N6.2ClH/c1-8-9(2)15-11-13-7-14-17(11)10(8)16-5-3-12-4-6-16;;/h7,12H,3-6H2,1-2H3;2*1H. The number of rotatable bonds is 1. The van der Waals surface area contributed by atoms with Crippen LogP contribution >= 0.6 is 24.8 Å². The quantitative estimate of drug-likeness (QED) is 0.851. The summed E-state index contributed by atoms with van der Waals surface area (Å²) in [6.45, 7) is 8.14. The van der Waals surface area contributed by atoms with Gasteiger partial charge in [0, 0.05) is 37.4 Å². The van der Waals surface area contributed by atoms with E-state index in [1.54, 1.807) is 6.33 Å². The van der Waals surface area contributed by atoms with Crippen molar-refractivity contribution >= 4 is 36.4 Å². The molecule has 2 aromatic heterocycles. The third-order valence-electron chi connectivity index (χ3n) is 3.29. The number of hydrogen-bond acceptors (Lipinski definition) is 5. The Morgan fingerprint density at radius 1 is 1.16 bits per heavy atom. The van der Waals surface area contributed by atoms with E-state index < -0.39 is 0 Å². The highest BCUT2D eigenvalue weighted by molar-refractivity contribution is 5.85. The molecule has 0 radical (unpaired) electrons. The molecule has 0 bridgehead atoms. The van der Waals surface area contributed by atoms with Crippen molar-refractivity contribution in [3.63, 3.8) is 0 Å². The van der Waals surface area contributed by atoms with Crippen LogP contribution in [0.5, 0.6) is 0 Å². The maximum Gasteiger partial charge on any atom is 0.254 e. The largest absolute Gasteiger partial charge is 0.354 e. The Labute approximate surface area is 124 Å². The zero-order chi connectivity index (χ0) is 11.8. The van der Waals surface area contributed by atoms with Crippen LogP contribution in [0, 0.1) is 13.8 Å². The second-order valence-corrected chi connectivity index (χ2v) is 4.35. The van der Waals surface area contributed by atoms with Gasteiger partial charge in [-0.05, 0) is 13.8 Å². The van der Waals surface area contributed by atoms with E-state index in [1.807, 2.05) is 11.4 Å². The fraction of sp³-hybridized carbons (Fsp3) is 0.545. The average Bonchev–Trinajstić information content (AvgIpc) is 2.79. The molecule has 0 aliphatic carbocycles. The monoisotopic (exact) mass is 304 g/mol. The zero-order valence-electron chi connectivity index (χ0n) is 11.0. The maximum atomic E-state index is 4.44. The number of fused-ring (bicyclic) bond motifs is 1. The van der Waals surface area contributed by atoms with Gasteiger partial charge in [-0.2, -0.15) is 14.6 Å². The third kappa shape index (κ3) is 2.75. The first-order valence-electron chi connectivity index (χ1n) is 5.90. The molecule has 0 amide bonds. The van der Waals surface area contributed by atoms with Crippen molar-refractivity contribution < 1.29 is 0 Å². The fourth-order valence-corrected chi connectivity index (χ4v) is 2.26. The van der Waals surface area contributed by atoms with E-state index in [0.717, 1.165) is 37.7 Å². The molecule has 1 fully saturated rings. The van der Waals surface area contributed by atoms with E-state index in [1.165, 1.54) is 5.56 Å². The van der Waals surface area contributed by atoms with Gasteiger partial charge in [0.15, 0.2) is 0 Å². The van der Waals surface area contributed by atoms with Crippen molar-refractivity contribution in [1.29, 1.82) is 0 Å². The Morgan fingerprint density at radius 3 is 2.53 bits per heavy atom. The van der Waals surface area contributed by atoms with E-state index in [2.05, 4.69) is 32.2 Å². The Morgan fingerprint density at radius 2 is 1.84 bits per heavy atom. The van der Waals surface area contributed by atoms with Crippen LogP contribution in [-0.2, 0) is 0 Å². The molecule has 6 nitrogen and oxygen atoms in total. The second kappa shape index (κ2) is 6.36. The molecule has 0 aromatic carbocycles. The minimum absolute atomic E-state index is 0. The summed E-state index contributed by atoms with van der Waals surface area (Å²) >= 11 is 0. The van der Waals surface area contributed by atoms with Crippen LogP contribution in [0.3, 0.4) is 0 Å². The Bertz CT molecular complexity index is 549. The smallest absolute Gasteiger partial charge is 0.254 e. The highest BCUT2D eigenvalue weighted by Gasteiger charge is 2.18. The number of anilines is 1. The van der Waals surface area contributed by atoms with Gasteiger partial charge in [0.25, 0.3) is 5.78 Å². The van der Waals surface area contributed by atoms with Crippen LogP contribution in [0.25, 0.3) is 5.78 Å². The maximum absolute atomic E-state index is 4.44. The predicted octanol–water partition coefficient (Wildman–Crippen LogP) is 0.994. The molecule has 0 spiro atoms. The molecule has 106 valence electrons. The molecular formula is C11H18Cl2N6. The van der Waals surface area contributed by atoms with Crippen LogP contribution in [0.1, 0.15) is 11.3 Å². The average molecular weight is 305 g/mol. The number of piperazine rings is 1. The number of aryl methyl sites for hydroxylation is 1. The molecule has 1 N–H and O–H groups in total. The van der Waals surface area contributed by atoms with Crippen LogP contribution in [-0.4, -0.2) is 45.8 Å². The molecule has 3 heterocycles. The van der Waals surface area contributed by atoms with Gasteiger partial charge in [-0.25, -0.2) is 4.98 Å². The first kappa shape index (κ1) is 15.9. The molecule has 0 atom stereocenters. The highest BCUT2D eigenvalue weighted by atomic mass is 35.5. The number of aromatic nitrogens is 4. The second-order valence-electron chi connectivity index (χ2n) is 4.35. The lowest BCUT2D eigenvalue weighted by atomic mass is 10.2. The van der Waals surface area contributed by atoms with Gasteiger partial charge in [0.2, 0.25) is 0 Å². The summed E-state index contributed by atoms with van der Waals surface area (Å²) in [5, 5.41) is 7.63. The molecule has 19 heavy (non-hydrogen) atoms. The van der Waals surface area contributed by atoms with Crippen LogP contribution in [0.15, 0.2) is 6.33 Å². The third-order valence-corrected chi connectivity index (χ3v) is 3.29. The van der Waals surface area contributed by atoms with Crippen molar-refractivity contribution in [3.05, 3.63) is 17.6 Å². The van der Waals surface area contributed by atoms with Crippen molar-refractivity contribution in [1.82, 2.24) is 24.9 Å². The Kier molecular flexibility index (Phi) is 5.34. The summed E-state index contributed by atoms with van der Waals surface area (Å²) in [4.78, 5) is 11.0. The van der Waals surface area contributed by atoms with E-state index >= 15 is 0 Å². The summed E-state index contributed by atoms with van der Waals surface area (Å²) < 4.78 is 1.84. The topological polar surface area (TPSA) is 58.4 Å². The molecular weight excluding hydrogens is 287 g/mol. The number of nitrogens with zero attached hydrogens (tertiary/aromatic N) is 5. The molecule has 0 saturated carbocycles. The molecule has 1 aliphatic rings. The van der Waals surface area contributed by atoms with Crippen LogP contribution in [0.4, 0.5) is 5.82 Å². The number of nitrogens with one attached hydrogen (secondary N) is 1.